The van der Waals surface area contributed by atoms with Gasteiger partial charge in [-0.3, -0.25) is 19.7 Å². The molecular formula is C18H19N3O5S. The molecule has 1 aromatic heterocycles. The molecule has 1 saturated carbocycles. The number of hydrogen-bond donors (Lipinski definition) is 2. The van der Waals surface area contributed by atoms with E-state index in [0.29, 0.717) is 23.4 Å². The molecule has 2 aromatic rings. The Morgan fingerprint density at radius 2 is 2.04 bits per heavy atom. The average molecular weight is 389 g/mol. The molecular weight excluding hydrogens is 370 g/mol. The first-order valence-corrected chi connectivity index (χ1v) is 9.57. The largest absolute Gasteiger partial charge is 0.481 e. The summed E-state index contributed by atoms with van der Waals surface area (Å²) in [6.45, 7) is 0. The van der Waals surface area contributed by atoms with Gasteiger partial charge in [0.25, 0.3) is 11.6 Å². The molecule has 27 heavy (non-hydrogen) atoms. The zero-order valence-electron chi connectivity index (χ0n) is 14.5. The van der Waals surface area contributed by atoms with E-state index in [1.54, 1.807) is 17.5 Å². The van der Waals surface area contributed by atoms with Gasteiger partial charge in [-0.2, -0.15) is 0 Å². The van der Waals surface area contributed by atoms with Crippen molar-refractivity contribution in [2.24, 2.45) is 5.92 Å². The number of nitrogens with zero attached hydrogens (tertiary/aromatic N) is 2. The fraction of sp³-hybridized carbons (Fsp3) is 0.389. The minimum absolute atomic E-state index is 0.0449. The van der Waals surface area contributed by atoms with Crippen molar-refractivity contribution < 1.29 is 19.6 Å². The van der Waals surface area contributed by atoms with Crippen LogP contribution in [0.4, 0.5) is 5.69 Å². The van der Waals surface area contributed by atoms with Crippen molar-refractivity contribution in [3.8, 4) is 10.6 Å². The zero-order chi connectivity index (χ0) is 19.4. The Bertz CT molecular complexity index is 866. The fourth-order valence-electron chi connectivity index (χ4n) is 3.28. The number of carboxylic acids is 1. The number of carbonyl (C=O) groups excluding carboxylic acids is 1. The van der Waals surface area contributed by atoms with Crippen LogP contribution in [0.1, 0.15) is 42.6 Å². The molecule has 1 aliphatic carbocycles. The third kappa shape index (κ3) is 4.48. The quantitative estimate of drug-likeness (QED) is 0.458. The topological polar surface area (TPSA) is 122 Å². The lowest BCUT2D eigenvalue weighted by Crippen LogP contribution is -2.42. The van der Waals surface area contributed by atoms with Crippen molar-refractivity contribution in [1.29, 1.82) is 0 Å². The first-order chi connectivity index (χ1) is 13.0. The van der Waals surface area contributed by atoms with Crippen LogP contribution >= 0.6 is 11.3 Å². The van der Waals surface area contributed by atoms with Crippen LogP contribution < -0.4 is 5.32 Å². The molecule has 3 rings (SSSR count). The van der Waals surface area contributed by atoms with E-state index < -0.39 is 28.8 Å². The third-order valence-corrected chi connectivity index (χ3v) is 5.58. The van der Waals surface area contributed by atoms with Gasteiger partial charge in [0.1, 0.15) is 10.7 Å². The molecule has 1 fully saturated rings. The number of thiazole rings is 1. The van der Waals surface area contributed by atoms with Gasteiger partial charge in [0.15, 0.2) is 0 Å². The van der Waals surface area contributed by atoms with E-state index in [4.69, 9.17) is 0 Å². The second-order valence-electron chi connectivity index (χ2n) is 6.51. The lowest BCUT2D eigenvalue weighted by atomic mass is 9.95. The van der Waals surface area contributed by atoms with Gasteiger partial charge in [-0.1, -0.05) is 31.4 Å². The number of non-ortho nitro benzene ring substituents is 1. The normalized spacial score (nSPS) is 19.9. The average Bonchev–Trinajstić information content (AvgIpc) is 3.03. The minimum Gasteiger partial charge on any atom is -0.481 e. The highest BCUT2D eigenvalue weighted by Gasteiger charge is 2.31. The number of benzene rings is 1. The second kappa shape index (κ2) is 8.26. The maximum atomic E-state index is 12.5. The molecule has 0 unspecified atom stereocenters. The molecule has 0 saturated heterocycles. The summed E-state index contributed by atoms with van der Waals surface area (Å²) >= 11 is 1.21. The van der Waals surface area contributed by atoms with Gasteiger partial charge in [-0.05, 0) is 12.8 Å². The predicted octanol–water partition coefficient (Wildman–Crippen LogP) is 3.48. The minimum atomic E-state index is -0.891. The van der Waals surface area contributed by atoms with Crippen LogP contribution in [0.15, 0.2) is 29.6 Å². The Hall–Kier alpha value is -2.81. The van der Waals surface area contributed by atoms with Gasteiger partial charge >= 0.3 is 5.97 Å². The predicted molar refractivity (Wildman–Crippen MR) is 99.7 cm³/mol. The van der Waals surface area contributed by atoms with Crippen molar-refractivity contribution >= 4 is 28.9 Å². The van der Waals surface area contributed by atoms with Gasteiger partial charge in [0.2, 0.25) is 0 Å². The first-order valence-electron chi connectivity index (χ1n) is 8.69. The van der Waals surface area contributed by atoms with Crippen molar-refractivity contribution in [3.05, 3.63) is 45.5 Å². The molecule has 142 valence electrons. The van der Waals surface area contributed by atoms with Crippen LogP contribution in [-0.4, -0.2) is 32.9 Å². The molecule has 1 aliphatic rings. The lowest BCUT2D eigenvalue weighted by Gasteiger charge is -2.22. The number of nitro groups is 1. The molecule has 0 radical (unpaired) electrons. The van der Waals surface area contributed by atoms with E-state index in [9.17, 15) is 24.8 Å². The van der Waals surface area contributed by atoms with Crippen LogP contribution in [-0.2, 0) is 4.79 Å². The Kier molecular flexibility index (Phi) is 5.80. The highest BCUT2D eigenvalue weighted by Crippen LogP contribution is 2.28. The molecule has 2 N–H and O–H groups in total. The summed E-state index contributed by atoms with van der Waals surface area (Å²) in [6, 6.07) is 5.65. The molecule has 8 nitrogen and oxygen atoms in total. The number of nitro benzene ring substituents is 1. The Morgan fingerprint density at radius 3 is 2.78 bits per heavy atom. The number of aliphatic carboxylic acids is 1. The SMILES string of the molecule is O=C(N[C@H]1CCCCC[C@H]1C(=O)O)c1csc(-c2cccc([N+](=O)[O-])c2)n1. The summed E-state index contributed by atoms with van der Waals surface area (Å²) in [7, 11) is 0. The summed E-state index contributed by atoms with van der Waals surface area (Å²) in [6.07, 6.45) is 3.87. The molecule has 0 spiro atoms. The molecule has 0 bridgehead atoms. The number of carbonyl (C=O) groups is 2. The number of hydrogen-bond acceptors (Lipinski definition) is 6. The summed E-state index contributed by atoms with van der Waals surface area (Å²) in [5.41, 5.74) is 0.706. The number of carboxylic acid groups (broad SMARTS) is 1. The summed E-state index contributed by atoms with van der Waals surface area (Å²) in [4.78, 5) is 38.7. The van der Waals surface area contributed by atoms with Gasteiger partial charge in [-0.15, -0.1) is 11.3 Å². The van der Waals surface area contributed by atoms with Gasteiger partial charge in [0, 0.05) is 29.1 Å². The molecule has 1 heterocycles. The second-order valence-corrected chi connectivity index (χ2v) is 7.37. The van der Waals surface area contributed by atoms with E-state index in [2.05, 4.69) is 10.3 Å². The standard InChI is InChI=1S/C18H19N3O5S/c22-16(19-14-8-3-1-2-7-13(14)18(23)24)15-10-27-17(20-15)11-5-4-6-12(9-11)21(25)26/h4-6,9-10,13-14H,1-3,7-8H2,(H,19,22)(H,23,24)/t13-,14+/m1/s1. The van der Waals surface area contributed by atoms with Crippen LogP contribution in [0.5, 0.6) is 0 Å². The number of amides is 1. The highest BCUT2D eigenvalue weighted by molar-refractivity contribution is 7.13. The van der Waals surface area contributed by atoms with Crippen LogP contribution in [0.3, 0.4) is 0 Å². The fourth-order valence-corrected chi connectivity index (χ4v) is 4.08. The van der Waals surface area contributed by atoms with E-state index in [1.807, 2.05) is 0 Å². The number of aromatic nitrogens is 1. The maximum Gasteiger partial charge on any atom is 0.308 e. The van der Waals surface area contributed by atoms with Gasteiger partial charge in [0.05, 0.1) is 10.8 Å². The number of rotatable bonds is 5. The Morgan fingerprint density at radius 1 is 1.26 bits per heavy atom. The van der Waals surface area contributed by atoms with Crippen LogP contribution in [0.25, 0.3) is 10.6 Å². The summed E-state index contributed by atoms with van der Waals surface area (Å²) < 4.78 is 0. The summed E-state index contributed by atoms with van der Waals surface area (Å²) in [5.74, 6) is -1.90. The van der Waals surface area contributed by atoms with Crippen molar-refractivity contribution in [2.75, 3.05) is 0 Å². The Labute approximate surface area is 159 Å². The van der Waals surface area contributed by atoms with Gasteiger partial charge < -0.3 is 10.4 Å². The zero-order valence-corrected chi connectivity index (χ0v) is 15.3. The van der Waals surface area contributed by atoms with E-state index in [1.165, 1.54) is 23.5 Å². The summed E-state index contributed by atoms with van der Waals surface area (Å²) in [5, 5.41) is 25.2. The molecule has 0 aliphatic heterocycles. The van der Waals surface area contributed by atoms with Crippen molar-refractivity contribution in [1.82, 2.24) is 10.3 Å². The van der Waals surface area contributed by atoms with Crippen molar-refractivity contribution in [2.45, 2.75) is 38.1 Å². The molecule has 9 heteroatoms. The Balaban J connectivity index is 1.75. The van der Waals surface area contributed by atoms with Gasteiger partial charge in [-0.25, -0.2) is 4.98 Å². The van der Waals surface area contributed by atoms with Crippen molar-refractivity contribution in [3.63, 3.8) is 0 Å². The molecule has 1 amide bonds. The monoisotopic (exact) mass is 389 g/mol. The molecule has 2 atom stereocenters. The van der Waals surface area contributed by atoms with E-state index in [0.717, 1.165) is 19.3 Å². The van der Waals surface area contributed by atoms with E-state index >= 15 is 0 Å². The van der Waals surface area contributed by atoms with Crippen LogP contribution in [0.2, 0.25) is 0 Å². The smallest absolute Gasteiger partial charge is 0.308 e. The lowest BCUT2D eigenvalue weighted by molar-refractivity contribution is -0.384. The van der Waals surface area contributed by atoms with Crippen LogP contribution in [0, 0.1) is 16.0 Å². The third-order valence-electron chi connectivity index (χ3n) is 4.69. The maximum absolute atomic E-state index is 12.5. The molecule has 1 aromatic carbocycles. The number of nitrogens with one attached hydrogen (secondary N) is 1. The highest BCUT2D eigenvalue weighted by atomic mass is 32.1. The first kappa shape index (κ1) is 19.0. The van der Waals surface area contributed by atoms with E-state index in [-0.39, 0.29) is 11.4 Å².